The maximum Gasteiger partial charge on any atom is 0.266 e. The first-order valence-corrected chi connectivity index (χ1v) is 11.7. The van der Waals surface area contributed by atoms with Crippen LogP contribution in [0.1, 0.15) is 26.3 Å². The van der Waals surface area contributed by atoms with Crippen LogP contribution in [0, 0.1) is 5.41 Å². The van der Waals surface area contributed by atoms with Crippen molar-refractivity contribution in [2.45, 2.75) is 20.8 Å². The fourth-order valence-electron chi connectivity index (χ4n) is 3.50. The lowest BCUT2D eigenvalue weighted by Crippen LogP contribution is -2.22. The molecule has 2 aromatic carbocycles. The van der Waals surface area contributed by atoms with Gasteiger partial charge in [0.2, 0.25) is 0 Å². The number of hydrogen-bond donors (Lipinski definition) is 1. The van der Waals surface area contributed by atoms with E-state index in [1.54, 1.807) is 10.8 Å². The predicted octanol–water partition coefficient (Wildman–Crippen LogP) is 4.26. The topological polar surface area (TPSA) is 80.9 Å². The third-order valence-electron chi connectivity index (χ3n) is 5.39. The van der Waals surface area contributed by atoms with Gasteiger partial charge in [0.1, 0.15) is 11.3 Å². The SMILES string of the molecule is CC(C)(C)C(=O)C=c1[nH]c(=O)c(=Cc2cn(-c3ccccc3)nc2-c2cc3ccccc3o2)s1. The number of nitrogens with zero attached hydrogens (tertiary/aromatic N) is 2. The number of para-hydroxylation sites is 2. The predicted molar refractivity (Wildman–Crippen MR) is 135 cm³/mol. The number of Topliss-reactive ketones (excluding diaryl/α,β-unsaturated/α-hetero) is 1. The minimum absolute atomic E-state index is 0.0450. The number of thiazole rings is 1. The van der Waals surface area contributed by atoms with Gasteiger partial charge in [0, 0.05) is 28.6 Å². The number of H-pyrrole nitrogens is 1. The number of fused-ring (bicyclic) bond motifs is 1. The van der Waals surface area contributed by atoms with E-state index in [-0.39, 0.29) is 11.3 Å². The standard InChI is InChI=1S/C27H23N3O3S/c1-27(2,3)23(31)15-24-28-26(32)22(34-24)14-18-16-30(19-10-5-4-6-11-19)29-25(18)21-13-17-9-7-8-12-20(17)33-21/h4-16H,1-3H3,(H,28,32). The smallest absolute Gasteiger partial charge is 0.266 e. The van der Waals surface area contributed by atoms with E-state index in [1.807, 2.05) is 87.6 Å². The molecule has 0 radical (unpaired) electrons. The van der Waals surface area contributed by atoms with Crippen LogP contribution in [-0.2, 0) is 4.79 Å². The second kappa shape index (κ2) is 8.43. The largest absolute Gasteiger partial charge is 0.454 e. The highest BCUT2D eigenvalue weighted by Gasteiger charge is 2.19. The lowest BCUT2D eigenvalue weighted by atomic mass is 9.91. The number of ketones is 1. The molecule has 0 aliphatic rings. The van der Waals surface area contributed by atoms with Gasteiger partial charge in [-0.2, -0.15) is 5.10 Å². The number of aromatic nitrogens is 3. The van der Waals surface area contributed by atoms with E-state index >= 15 is 0 Å². The Morgan fingerprint density at radius 3 is 2.56 bits per heavy atom. The number of carbonyl (C=O) groups is 1. The number of carbonyl (C=O) groups excluding carboxylic acids is 1. The molecule has 0 unspecified atom stereocenters. The summed E-state index contributed by atoms with van der Waals surface area (Å²) in [6, 6.07) is 19.5. The third kappa shape index (κ3) is 4.30. The summed E-state index contributed by atoms with van der Waals surface area (Å²) < 4.78 is 8.86. The fourth-order valence-corrected chi connectivity index (χ4v) is 4.37. The van der Waals surface area contributed by atoms with Crippen LogP contribution in [0.4, 0.5) is 0 Å². The Morgan fingerprint density at radius 2 is 1.82 bits per heavy atom. The van der Waals surface area contributed by atoms with Crippen LogP contribution in [0.5, 0.6) is 0 Å². The van der Waals surface area contributed by atoms with Crippen molar-refractivity contribution in [1.82, 2.24) is 14.8 Å². The van der Waals surface area contributed by atoms with Crippen molar-refractivity contribution in [3.8, 4) is 17.1 Å². The highest BCUT2D eigenvalue weighted by atomic mass is 32.1. The molecule has 0 aliphatic heterocycles. The summed E-state index contributed by atoms with van der Waals surface area (Å²) in [5.41, 5.74) is 2.26. The Labute approximate surface area is 199 Å². The van der Waals surface area contributed by atoms with Crippen molar-refractivity contribution in [1.29, 1.82) is 0 Å². The van der Waals surface area contributed by atoms with E-state index in [2.05, 4.69) is 4.98 Å². The first-order valence-electron chi connectivity index (χ1n) is 10.9. The van der Waals surface area contributed by atoms with Crippen molar-refractivity contribution in [3.05, 3.63) is 92.0 Å². The molecule has 3 heterocycles. The van der Waals surface area contributed by atoms with Crippen molar-refractivity contribution in [2.24, 2.45) is 5.41 Å². The lowest BCUT2D eigenvalue weighted by molar-refractivity contribution is -0.119. The van der Waals surface area contributed by atoms with Crippen LogP contribution in [-0.4, -0.2) is 20.5 Å². The molecule has 0 aliphatic carbocycles. The Bertz CT molecular complexity index is 1650. The average Bonchev–Trinajstić information content (AvgIpc) is 3.51. The molecule has 7 heteroatoms. The van der Waals surface area contributed by atoms with E-state index in [0.29, 0.717) is 20.6 Å². The van der Waals surface area contributed by atoms with Crippen LogP contribution >= 0.6 is 11.3 Å². The van der Waals surface area contributed by atoms with E-state index in [4.69, 9.17) is 9.52 Å². The highest BCUT2D eigenvalue weighted by Crippen LogP contribution is 2.30. The Morgan fingerprint density at radius 1 is 1.09 bits per heavy atom. The van der Waals surface area contributed by atoms with Gasteiger partial charge in [-0.25, -0.2) is 4.68 Å². The van der Waals surface area contributed by atoms with Gasteiger partial charge in [-0.1, -0.05) is 57.2 Å². The summed E-state index contributed by atoms with van der Waals surface area (Å²) in [4.78, 5) is 27.9. The van der Waals surface area contributed by atoms with Gasteiger partial charge in [0.15, 0.2) is 11.5 Å². The molecular weight excluding hydrogens is 446 g/mol. The Kier molecular flexibility index (Phi) is 5.42. The summed E-state index contributed by atoms with van der Waals surface area (Å²) in [6.45, 7) is 5.55. The van der Waals surface area contributed by atoms with E-state index < -0.39 is 5.41 Å². The minimum Gasteiger partial charge on any atom is -0.454 e. The molecule has 0 atom stereocenters. The van der Waals surface area contributed by atoms with Crippen molar-refractivity contribution >= 4 is 40.2 Å². The monoisotopic (exact) mass is 469 g/mol. The number of rotatable bonds is 4. The van der Waals surface area contributed by atoms with Gasteiger partial charge >= 0.3 is 0 Å². The summed E-state index contributed by atoms with van der Waals surface area (Å²) in [6.07, 6.45) is 5.16. The molecule has 5 aromatic rings. The molecule has 0 fully saturated rings. The van der Waals surface area contributed by atoms with Gasteiger partial charge in [0.05, 0.1) is 14.9 Å². The van der Waals surface area contributed by atoms with Gasteiger partial charge in [-0.05, 0) is 30.3 Å². The van der Waals surface area contributed by atoms with E-state index in [1.165, 1.54) is 17.4 Å². The molecule has 3 aromatic heterocycles. The van der Waals surface area contributed by atoms with Crippen LogP contribution < -0.4 is 14.8 Å². The zero-order valence-corrected chi connectivity index (χ0v) is 19.8. The quantitative estimate of drug-likeness (QED) is 0.427. The number of benzene rings is 2. The second-order valence-electron chi connectivity index (χ2n) is 9.05. The van der Waals surface area contributed by atoms with Gasteiger partial charge in [-0.3, -0.25) is 9.59 Å². The van der Waals surface area contributed by atoms with Crippen LogP contribution in [0.2, 0.25) is 0 Å². The van der Waals surface area contributed by atoms with Crippen LogP contribution in [0.25, 0.3) is 40.3 Å². The molecule has 0 bridgehead atoms. The molecule has 1 N–H and O–H groups in total. The minimum atomic E-state index is -0.518. The maximum atomic E-state index is 12.7. The summed E-state index contributed by atoms with van der Waals surface area (Å²) >= 11 is 1.25. The van der Waals surface area contributed by atoms with E-state index in [0.717, 1.165) is 22.2 Å². The first-order chi connectivity index (χ1) is 16.3. The number of aromatic amines is 1. The van der Waals surface area contributed by atoms with Gasteiger partial charge in [0.25, 0.3) is 5.56 Å². The van der Waals surface area contributed by atoms with Crippen molar-refractivity contribution in [3.63, 3.8) is 0 Å². The first kappa shape index (κ1) is 21.9. The Hall–Kier alpha value is -3.97. The van der Waals surface area contributed by atoms with Crippen LogP contribution in [0.15, 0.2) is 76.1 Å². The lowest BCUT2D eigenvalue weighted by Gasteiger charge is -2.12. The average molecular weight is 470 g/mol. The molecule has 5 rings (SSSR count). The van der Waals surface area contributed by atoms with Gasteiger partial charge in [-0.15, -0.1) is 11.3 Å². The van der Waals surface area contributed by atoms with E-state index in [9.17, 15) is 9.59 Å². The molecule has 0 saturated heterocycles. The number of furan rings is 1. The third-order valence-corrected chi connectivity index (χ3v) is 6.35. The zero-order valence-electron chi connectivity index (χ0n) is 19.0. The number of nitrogens with one attached hydrogen (secondary N) is 1. The number of hydrogen-bond acceptors (Lipinski definition) is 5. The van der Waals surface area contributed by atoms with Gasteiger partial charge < -0.3 is 9.40 Å². The molecule has 6 nitrogen and oxygen atoms in total. The summed E-state index contributed by atoms with van der Waals surface area (Å²) in [5.74, 6) is 0.571. The van der Waals surface area contributed by atoms with Crippen molar-refractivity contribution < 1.29 is 9.21 Å². The second-order valence-corrected chi connectivity index (χ2v) is 10.1. The Balaban J connectivity index is 1.68. The zero-order chi connectivity index (χ0) is 23.9. The molecule has 34 heavy (non-hydrogen) atoms. The summed E-state index contributed by atoms with van der Waals surface area (Å²) in [5, 5.41) is 5.76. The highest BCUT2D eigenvalue weighted by molar-refractivity contribution is 7.07. The summed E-state index contributed by atoms with van der Waals surface area (Å²) in [7, 11) is 0. The molecular formula is C27H23N3O3S. The molecule has 0 spiro atoms. The molecule has 0 amide bonds. The maximum absolute atomic E-state index is 12.7. The van der Waals surface area contributed by atoms with Crippen LogP contribution in [0.3, 0.4) is 0 Å². The normalized spacial score (nSPS) is 13.1. The molecule has 0 saturated carbocycles. The van der Waals surface area contributed by atoms with Crippen molar-refractivity contribution in [2.75, 3.05) is 0 Å². The fraction of sp³-hybridized carbons (Fsp3) is 0.148. The molecule has 170 valence electrons.